The Kier molecular flexibility index (Phi) is 4.83. The molecule has 1 amide bonds. The lowest BCUT2D eigenvalue weighted by molar-refractivity contribution is -0.115. The van der Waals surface area contributed by atoms with Gasteiger partial charge in [-0.3, -0.25) is 4.79 Å². The summed E-state index contributed by atoms with van der Waals surface area (Å²) >= 11 is 0. The van der Waals surface area contributed by atoms with Crippen molar-refractivity contribution in [2.75, 3.05) is 5.32 Å². The highest BCUT2D eigenvalue weighted by Crippen LogP contribution is 2.19. The van der Waals surface area contributed by atoms with E-state index in [1.165, 1.54) is 36.4 Å². The van der Waals surface area contributed by atoms with Gasteiger partial charge in [0, 0.05) is 0 Å². The molecule has 110 valence electrons. The lowest BCUT2D eigenvalue weighted by Crippen LogP contribution is -2.16. The summed E-state index contributed by atoms with van der Waals surface area (Å²) < 4.78 is 17.9. The van der Waals surface area contributed by atoms with Gasteiger partial charge in [0.05, 0.1) is 17.3 Å². The molecule has 1 N–H and O–H groups in total. The van der Waals surface area contributed by atoms with Crippen molar-refractivity contribution < 1.29 is 18.7 Å². The van der Waals surface area contributed by atoms with E-state index in [1.807, 2.05) is 0 Å². The second kappa shape index (κ2) is 6.99. The number of benzene rings is 2. The molecule has 2 aromatic rings. The number of halogens is 1. The van der Waals surface area contributed by atoms with Gasteiger partial charge in [-0.05, 0) is 36.4 Å². The lowest BCUT2D eigenvalue weighted by Gasteiger charge is -2.09. The molecule has 0 spiro atoms. The number of amides is 1. The highest BCUT2D eigenvalue weighted by molar-refractivity contribution is 6.02. The van der Waals surface area contributed by atoms with E-state index < -0.39 is 17.7 Å². The number of esters is 1. The van der Waals surface area contributed by atoms with Crippen molar-refractivity contribution >= 4 is 17.6 Å². The van der Waals surface area contributed by atoms with Crippen LogP contribution in [-0.4, -0.2) is 11.9 Å². The number of nitriles is 1. The van der Waals surface area contributed by atoms with Gasteiger partial charge in [-0.25, -0.2) is 9.18 Å². The third-order valence-electron chi connectivity index (χ3n) is 2.68. The maximum absolute atomic E-state index is 12.8. The highest BCUT2D eigenvalue weighted by atomic mass is 19.1. The highest BCUT2D eigenvalue weighted by Gasteiger charge is 2.15. The normalized spacial score (nSPS) is 9.64. The standard InChI is InChI=1S/C16H11FN2O3/c17-11-5-7-12(8-6-11)22-16(21)13-3-1-2-4-14(13)19-15(20)9-10-18/h1-8H,9H2,(H,19,20). The molecule has 0 atom stereocenters. The fraction of sp³-hybridized carbons (Fsp3) is 0.0625. The van der Waals surface area contributed by atoms with Crippen molar-refractivity contribution in [2.24, 2.45) is 0 Å². The fourth-order valence-corrected chi connectivity index (χ4v) is 1.70. The topological polar surface area (TPSA) is 79.2 Å². The summed E-state index contributed by atoms with van der Waals surface area (Å²) in [6.07, 6.45) is -0.318. The zero-order valence-corrected chi connectivity index (χ0v) is 11.4. The second-order valence-corrected chi connectivity index (χ2v) is 4.27. The van der Waals surface area contributed by atoms with Crippen molar-refractivity contribution in [2.45, 2.75) is 6.42 Å². The van der Waals surface area contributed by atoms with Crippen LogP contribution in [0.1, 0.15) is 16.8 Å². The summed E-state index contributed by atoms with van der Waals surface area (Å²) in [6.45, 7) is 0. The summed E-state index contributed by atoms with van der Waals surface area (Å²) in [5.41, 5.74) is 0.382. The summed E-state index contributed by atoms with van der Waals surface area (Å²) in [4.78, 5) is 23.6. The van der Waals surface area contributed by atoms with E-state index in [4.69, 9.17) is 10.00 Å². The third-order valence-corrected chi connectivity index (χ3v) is 2.68. The van der Waals surface area contributed by atoms with E-state index in [1.54, 1.807) is 18.2 Å². The Morgan fingerprint density at radius 2 is 1.82 bits per heavy atom. The van der Waals surface area contributed by atoms with Crippen LogP contribution >= 0.6 is 0 Å². The minimum atomic E-state index is -0.695. The molecule has 2 rings (SSSR count). The number of hydrogen-bond acceptors (Lipinski definition) is 4. The van der Waals surface area contributed by atoms with Crippen LogP contribution in [-0.2, 0) is 4.79 Å². The average molecular weight is 298 g/mol. The van der Waals surface area contributed by atoms with Gasteiger partial charge in [0.2, 0.25) is 5.91 Å². The Labute approximate surface area is 125 Å². The van der Waals surface area contributed by atoms with Crippen LogP contribution in [0, 0.1) is 17.1 Å². The Hall–Kier alpha value is -3.20. The minimum absolute atomic E-state index is 0.137. The number of para-hydroxylation sites is 1. The molecular formula is C16H11FN2O3. The van der Waals surface area contributed by atoms with Gasteiger partial charge in [-0.15, -0.1) is 0 Å². The average Bonchev–Trinajstić information content (AvgIpc) is 2.50. The van der Waals surface area contributed by atoms with Gasteiger partial charge in [0.15, 0.2) is 0 Å². The van der Waals surface area contributed by atoms with E-state index in [9.17, 15) is 14.0 Å². The predicted molar refractivity (Wildman–Crippen MR) is 76.7 cm³/mol. The first-order valence-electron chi connectivity index (χ1n) is 6.33. The number of rotatable bonds is 4. The van der Waals surface area contributed by atoms with Gasteiger partial charge in [-0.1, -0.05) is 12.1 Å². The molecule has 22 heavy (non-hydrogen) atoms. The summed E-state index contributed by atoms with van der Waals surface area (Å²) in [7, 11) is 0. The molecule has 0 radical (unpaired) electrons. The van der Waals surface area contributed by atoms with Gasteiger partial charge < -0.3 is 10.1 Å². The maximum Gasteiger partial charge on any atom is 0.345 e. The Morgan fingerprint density at radius 3 is 2.50 bits per heavy atom. The van der Waals surface area contributed by atoms with E-state index >= 15 is 0 Å². The van der Waals surface area contributed by atoms with Crippen molar-refractivity contribution in [3.63, 3.8) is 0 Å². The second-order valence-electron chi connectivity index (χ2n) is 4.27. The summed E-state index contributed by atoms with van der Waals surface area (Å²) in [6, 6.07) is 13.0. The Balaban J connectivity index is 2.17. The number of anilines is 1. The predicted octanol–water partition coefficient (Wildman–Crippen LogP) is 2.90. The summed E-state index contributed by atoms with van der Waals surface area (Å²) in [5.74, 6) is -1.47. The SMILES string of the molecule is N#CCC(=O)Nc1ccccc1C(=O)Oc1ccc(F)cc1. The van der Waals surface area contributed by atoms with Crippen LogP contribution < -0.4 is 10.1 Å². The first-order chi connectivity index (χ1) is 10.6. The van der Waals surface area contributed by atoms with Crippen LogP contribution in [0.4, 0.5) is 10.1 Å². The maximum atomic E-state index is 12.8. The van der Waals surface area contributed by atoms with E-state index in [-0.39, 0.29) is 23.4 Å². The van der Waals surface area contributed by atoms with E-state index in [0.717, 1.165) is 0 Å². The Morgan fingerprint density at radius 1 is 1.14 bits per heavy atom. The quantitative estimate of drug-likeness (QED) is 0.695. The zero-order chi connectivity index (χ0) is 15.9. The number of carbonyl (C=O) groups is 2. The van der Waals surface area contributed by atoms with Crippen molar-refractivity contribution in [1.82, 2.24) is 0 Å². The van der Waals surface area contributed by atoms with Crippen molar-refractivity contribution in [3.8, 4) is 11.8 Å². The van der Waals surface area contributed by atoms with Crippen molar-refractivity contribution in [1.29, 1.82) is 5.26 Å². The molecule has 0 bridgehead atoms. The molecular weight excluding hydrogens is 287 g/mol. The van der Waals surface area contributed by atoms with Gasteiger partial charge in [0.25, 0.3) is 0 Å². The minimum Gasteiger partial charge on any atom is -0.423 e. The number of ether oxygens (including phenoxy) is 1. The molecule has 0 aliphatic heterocycles. The zero-order valence-electron chi connectivity index (χ0n) is 11.4. The van der Waals surface area contributed by atoms with Crippen molar-refractivity contribution in [3.05, 3.63) is 59.9 Å². The molecule has 0 aromatic heterocycles. The number of carbonyl (C=O) groups excluding carboxylic acids is 2. The molecule has 0 heterocycles. The van der Waals surface area contributed by atoms with E-state index in [2.05, 4.69) is 5.32 Å². The smallest absolute Gasteiger partial charge is 0.345 e. The van der Waals surface area contributed by atoms with Crippen LogP contribution in [0.2, 0.25) is 0 Å². The van der Waals surface area contributed by atoms with Crippen LogP contribution in [0.25, 0.3) is 0 Å². The third kappa shape index (κ3) is 3.90. The monoisotopic (exact) mass is 298 g/mol. The molecule has 2 aromatic carbocycles. The van der Waals surface area contributed by atoms with E-state index in [0.29, 0.717) is 0 Å². The number of nitrogens with zero attached hydrogens (tertiary/aromatic N) is 1. The molecule has 6 heteroatoms. The van der Waals surface area contributed by atoms with Crippen LogP contribution in [0.5, 0.6) is 5.75 Å². The molecule has 0 aliphatic carbocycles. The first-order valence-corrected chi connectivity index (χ1v) is 6.33. The summed E-state index contributed by atoms with van der Waals surface area (Å²) in [5, 5.41) is 10.9. The lowest BCUT2D eigenvalue weighted by atomic mass is 10.1. The van der Waals surface area contributed by atoms with Gasteiger partial charge in [0.1, 0.15) is 18.0 Å². The van der Waals surface area contributed by atoms with Crippen LogP contribution in [0.3, 0.4) is 0 Å². The molecule has 0 unspecified atom stereocenters. The fourth-order valence-electron chi connectivity index (χ4n) is 1.70. The molecule has 0 aliphatic rings. The number of hydrogen-bond donors (Lipinski definition) is 1. The molecule has 0 fully saturated rings. The van der Waals surface area contributed by atoms with Gasteiger partial charge >= 0.3 is 5.97 Å². The van der Waals surface area contributed by atoms with Gasteiger partial charge in [-0.2, -0.15) is 5.26 Å². The van der Waals surface area contributed by atoms with Crippen LogP contribution in [0.15, 0.2) is 48.5 Å². The number of nitrogens with one attached hydrogen (secondary N) is 1. The molecule has 0 saturated heterocycles. The largest absolute Gasteiger partial charge is 0.423 e. The Bertz CT molecular complexity index is 736. The molecule has 0 saturated carbocycles. The molecule has 5 nitrogen and oxygen atoms in total. The first kappa shape index (κ1) is 15.2.